The molecular formula is C20H21FN2O3S. The molecule has 7 heteroatoms. The summed E-state index contributed by atoms with van der Waals surface area (Å²) in [4.78, 5) is 25.2. The van der Waals surface area contributed by atoms with Gasteiger partial charge in [0, 0.05) is 17.9 Å². The Morgan fingerprint density at radius 2 is 1.93 bits per heavy atom. The van der Waals surface area contributed by atoms with Crippen LogP contribution in [0.15, 0.2) is 53.4 Å². The lowest BCUT2D eigenvalue weighted by molar-refractivity contribution is -0.124. The topological polar surface area (TPSA) is 67.4 Å². The van der Waals surface area contributed by atoms with Crippen molar-refractivity contribution in [3.63, 3.8) is 0 Å². The molecule has 0 fully saturated rings. The van der Waals surface area contributed by atoms with E-state index in [1.54, 1.807) is 12.1 Å². The number of para-hydroxylation sites is 1. The van der Waals surface area contributed by atoms with Crippen LogP contribution in [-0.2, 0) is 9.59 Å². The summed E-state index contributed by atoms with van der Waals surface area (Å²) in [7, 11) is 0. The zero-order valence-electron chi connectivity index (χ0n) is 14.7. The molecule has 142 valence electrons. The quantitative estimate of drug-likeness (QED) is 0.678. The van der Waals surface area contributed by atoms with Crippen LogP contribution in [0.5, 0.6) is 5.75 Å². The van der Waals surface area contributed by atoms with Gasteiger partial charge >= 0.3 is 0 Å². The lowest BCUT2D eigenvalue weighted by Gasteiger charge is -2.23. The van der Waals surface area contributed by atoms with Crippen LogP contribution in [0.25, 0.3) is 0 Å². The van der Waals surface area contributed by atoms with Crippen molar-refractivity contribution in [2.24, 2.45) is 0 Å². The van der Waals surface area contributed by atoms with Crippen LogP contribution < -0.4 is 15.4 Å². The molecule has 0 bridgehead atoms. The van der Waals surface area contributed by atoms with E-state index in [4.69, 9.17) is 4.74 Å². The fourth-order valence-electron chi connectivity index (χ4n) is 2.64. The summed E-state index contributed by atoms with van der Waals surface area (Å²) in [5, 5.41) is 5.27. The third-order valence-electron chi connectivity index (χ3n) is 4.05. The minimum Gasteiger partial charge on any atom is -0.494 e. The second-order valence-corrected chi connectivity index (χ2v) is 7.40. The van der Waals surface area contributed by atoms with Crippen molar-refractivity contribution >= 4 is 29.3 Å². The molecule has 0 spiro atoms. The highest BCUT2D eigenvalue weighted by atomic mass is 32.2. The van der Waals surface area contributed by atoms with E-state index < -0.39 is 5.25 Å². The summed E-state index contributed by atoms with van der Waals surface area (Å²) in [6, 6.07) is 13.4. The summed E-state index contributed by atoms with van der Waals surface area (Å²) >= 11 is 1.42. The molecule has 0 aliphatic carbocycles. The second kappa shape index (κ2) is 9.41. The van der Waals surface area contributed by atoms with Crippen molar-refractivity contribution in [3.8, 4) is 5.75 Å². The number of hydrogen-bond donors (Lipinski definition) is 2. The zero-order chi connectivity index (χ0) is 19.1. The highest BCUT2D eigenvalue weighted by Gasteiger charge is 2.28. The largest absolute Gasteiger partial charge is 0.494 e. The van der Waals surface area contributed by atoms with Crippen molar-refractivity contribution in [3.05, 3.63) is 54.3 Å². The maximum atomic E-state index is 12.8. The van der Waals surface area contributed by atoms with Crippen molar-refractivity contribution in [2.45, 2.75) is 29.4 Å². The monoisotopic (exact) mass is 388 g/mol. The zero-order valence-corrected chi connectivity index (χ0v) is 15.6. The molecule has 0 saturated carbocycles. The minimum atomic E-state index is -0.415. The third kappa shape index (κ3) is 5.72. The van der Waals surface area contributed by atoms with E-state index in [0.29, 0.717) is 18.9 Å². The Bertz CT molecular complexity index is 798. The summed E-state index contributed by atoms with van der Waals surface area (Å²) < 4.78 is 18.3. The van der Waals surface area contributed by atoms with Crippen molar-refractivity contribution in [2.75, 3.05) is 18.5 Å². The first kappa shape index (κ1) is 19.2. The van der Waals surface area contributed by atoms with Gasteiger partial charge in [-0.2, -0.15) is 0 Å². The predicted octanol–water partition coefficient (Wildman–Crippen LogP) is 3.60. The van der Waals surface area contributed by atoms with Gasteiger partial charge in [0.1, 0.15) is 11.6 Å². The van der Waals surface area contributed by atoms with Crippen LogP contribution in [0.4, 0.5) is 10.1 Å². The molecule has 2 aromatic rings. The van der Waals surface area contributed by atoms with Gasteiger partial charge in [0.25, 0.3) is 0 Å². The molecule has 0 aromatic heterocycles. The van der Waals surface area contributed by atoms with Gasteiger partial charge in [-0.1, -0.05) is 12.1 Å². The second-order valence-electron chi connectivity index (χ2n) is 6.16. The van der Waals surface area contributed by atoms with Gasteiger partial charge in [-0.05, 0) is 49.2 Å². The van der Waals surface area contributed by atoms with Crippen LogP contribution in [0.2, 0.25) is 0 Å². The molecule has 1 aliphatic rings. The van der Waals surface area contributed by atoms with Crippen LogP contribution in [-0.4, -0.2) is 30.2 Å². The molecule has 1 aliphatic heterocycles. The predicted molar refractivity (Wildman–Crippen MR) is 103 cm³/mol. The van der Waals surface area contributed by atoms with Crippen molar-refractivity contribution < 1.29 is 18.7 Å². The highest BCUT2D eigenvalue weighted by molar-refractivity contribution is 8.01. The SMILES string of the molecule is O=C(C[C@H]1Sc2ccccc2NC1=O)NCCCCOc1ccc(F)cc1. The van der Waals surface area contributed by atoms with E-state index in [1.807, 2.05) is 24.3 Å². The fourth-order valence-corrected chi connectivity index (χ4v) is 3.75. The number of fused-ring (bicyclic) bond motifs is 1. The Labute approximate surface area is 161 Å². The van der Waals surface area contributed by atoms with E-state index in [-0.39, 0.29) is 24.1 Å². The smallest absolute Gasteiger partial charge is 0.238 e. The van der Waals surface area contributed by atoms with Gasteiger partial charge in [-0.15, -0.1) is 11.8 Å². The maximum absolute atomic E-state index is 12.8. The van der Waals surface area contributed by atoms with Crippen molar-refractivity contribution in [1.82, 2.24) is 5.32 Å². The first-order valence-corrected chi connectivity index (χ1v) is 9.71. The van der Waals surface area contributed by atoms with Gasteiger partial charge in [-0.25, -0.2) is 4.39 Å². The summed E-state index contributed by atoms with van der Waals surface area (Å²) in [6.45, 7) is 1.03. The molecule has 2 N–H and O–H groups in total. The van der Waals surface area contributed by atoms with Crippen LogP contribution in [0, 0.1) is 5.82 Å². The number of halogens is 1. The molecule has 0 unspecified atom stereocenters. The highest BCUT2D eigenvalue weighted by Crippen LogP contribution is 2.36. The Morgan fingerprint density at radius 3 is 2.74 bits per heavy atom. The van der Waals surface area contributed by atoms with Gasteiger partial charge in [0.05, 0.1) is 17.5 Å². The van der Waals surface area contributed by atoms with Gasteiger partial charge in [-0.3, -0.25) is 9.59 Å². The lowest BCUT2D eigenvalue weighted by Crippen LogP contribution is -2.35. The van der Waals surface area contributed by atoms with Crippen LogP contribution >= 0.6 is 11.8 Å². The number of ether oxygens (including phenoxy) is 1. The van der Waals surface area contributed by atoms with E-state index in [2.05, 4.69) is 10.6 Å². The molecule has 1 heterocycles. The van der Waals surface area contributed by atoms with E-state index in [1.165, 1.54) is 23.9 Å². The molecule has 2 aromatic carbocycles. The lowest BCUT2D eigenvalue weighted by atomic mass is 10.2. The maximum Gasteiger partial charge on any atom is 0.238 e. The van der Waals surface area contributed by atoms with E-state index in [0.717, 1.165) is 23.4 Å². The number of nitrogens with one attached hydrogen (secondary N) is 2. The Morgan fingerprint density at radius 1 is 1.15 bits per heavy atom. The molecule has 1 atom stereocenters. The minimum absolute atomic E-state index is 0.137. The normalized spacial score (nSPS) is 15.6. The van der Waals surface area contributed by atoms with Crippen molar-refractivity contribution in [1.29, 1.82) is 0 Å². The van der Waals surface area contributed by atoms with Gasteiger partial charge < -0.3 is 15.4 Å². The van der Waals surface area contributed by atoms with Gasteiger partial charge in [0.2, 0.25) is 11.8 Å². The molecule has 2 amide bonds. The number of amides is 2. The average molecular weight is 388 g/mol. The number of unbranched alkanes of at least 4 members (excludes halogenated alkanes) is 1. The number of carbonyl (C=O) groups is 2. The Kier molecular flexibility index (Phi) is 6.70. The fraction of sp³-hybridized carbons (Fsp3) is 0.300. The Balaban J connectivity index is 1.32. The summed E-state index contributed by atoms with van der Waals surface area (Å²) in [5.41, 5.74) is 0.797. The van der Waals surface area contributed by atoms with Gasteiger partial charge in [0.15, 0.2) is 0 Å². The molecule has 3 rings (SSSR count). The number of anilines is 1. The standard InChI is InChI=1S/C20H21FN2O3S/c21-14-7-9-15(10-8-14)26-12-4-3-11-22-19(24)13-18-20(25)23-16-5-1-2-6-17(16)27-18/h1-2,5-10,18H,3-4,11-13H2,(H,22,24)(H,23,25)/t18-/m1/s1. The first-order chi connectivity index (χ1) is 13.1. The molecule has 0 saturated heterocycles. The molecule has 5 nitrogen and oxygen atoms in total. The number of hydrogen-bond acceptors (Lipinski definition) is 4. The van der Waals surface area contributed by atoms with Crippen LogP contribution in [0.3, 0.4) is 0 Å². The number of carbonyl (C=O) groups excluding carboxylic acids is 2. The van der Waals surface area contributed by atoms with Crippen LogP contribution in [0.1, 0.15) is 19.3 Å². The third-order valence-corrected chi connectivity index (χ3v) is 5.33. The summed E-state index contributed by atoms with van der Waals surface area (Å²) in [6.07, 6.45) is 1.68. The summed E-state index contributed by atoms with van der Waals surface area (Å²) in [5.74, 6) is 0.0578. The van der Waals surface area contributed by atoms with E-state index in [9.17, 15) is 14.0 Å². The number of rotatable bonds is 8. The Hall–Kier alpha value is -2.54. The first-order valence-electron chi connectivity index (χ1n) is 8.83. The number of benzene rings is 2. The molecule has 27 heavy (non-hydrogen) atoms. The molecule has 0 radical (unpaired) electrons. The number of thioether (sulfide) groups is 1. The average Bonchev–Trinajstić information content (AvgIpc) is 2.66. The van der Waals surface area contributed by atoms with E-state index >= 15 is 0 Å². The molecular weight excluding hydrogens is 367 g/mol.